The quantitative estimate of drug-likeness (QED) is 0.362. The van der Waals surface area contributed by atoms with E-state index in [1.54, 1.807) is 43.3 Å². The van der Waals surface area contributed by atoms with Crippen LogP contribution in [0.4, 0.5) is 5.69 Å². The zero-order valence-corrected chi connectivity index (χ0v) is 24.5. The van der Waals surface area contributed by atoms with Crippen molar-refractivity contribution in [2.75, 3.05) is 17.4 Å². The molecular weight excluding hydrogens is 510 g/mol. The van der Waals surface area contributed by atoms with E-state index in [0.29, 0.717) is 12.2 Å². The smallest absolute Gasteiger partial charge is 0.264 e. The van der Waals surface area contributed by atoms with Crippen LogP contribution >= 0.6 is 0 Å². The lowest BCUT2D eigenvalue weighted by Crippen LogP contribution is -2.51. The molecule has 0 heterocycles. The fraction of sp³-hybridized carbons (Fsp3) is 0.355. The van der Waals surface area contributed by atoms with Crippen molar-refractivity contribution in [2.45, 2.75) is 65.4 Å². The number of carbonyl (C=O) groups excluding carboxylic acids is 2. The van der Waals surface area contributed by atoms with E-state index in [4.69, 9.17) is 0 Å². The molecule has 1 atom stereocenters. The molecule has 0 aliphatic rings. The number of hydrogen-bond acceptors (Lipinski definition) is 4. The third-order valence-corrected chi connectivity index (χ3v) is 8.70. The van der Waals surface area contributed by atoms with Crippen LogP contribution in [0.25, 0.3) is 0 Å². The number of amides is 2. The molecule has 0 aromatic heterocycles. The van der Waals surface area contributed by atoms with E-state index in [1.807, 2.05) is 65.0 Å². The number of aryl methyl sites for hydroxylation is 3. The maximum Gasteiger partial charge on any atom is 0.264 e. The van der Waals surface area contributed by atoms with E-state index in [-0.39, 0.29) is 17.3 Å². The van der Waals surface area contributed by atoms with E-state index in [1.165, 1.54) is 9.21 Å². The third-order valence-electron chi connectivity index (χ3n) is 6.92. The highest BCUT2D eigenvalue weighted by molar-refractivity contribution is 7.92. The van der Waals surface area contributed by atoms with Crippen molar-refractivity contribution in [3.05, 3.63) is 94.5 Å². The highest BCUT2D eigenvalue weighted by Crippen LogP contribution is 2.29. The molecule has 0 aliphatic heterocycles. The Hall–Kier alpha value is -3.65. The molecule has 0 fully saturated rings. The first kappa shape index (κ1) is 29.9. The van der Waals surface area contributed by atoms with Gasteiger partial charge in [0.25, 0.3) is 10.0 Å². The Kier molecular flexibility index (Phi) is 9.92. The third kappa shape index (κ3) is 7.26. The number of rotatable bonds is 11. The van der Waals surface area contributed by atoms with Gasteiger partial charge in [0.05, 0.1) is 10.6 Å². The van der Waals surface area contributed by atoms with Crippen LogP contribution in [0.1, 0.15) is 48.1 Å². The van der Waals surface area contributed by atoms with Crippen molar-refractivity contribution >= 4 is 27.5 Å². The summed E-state index contributed by atoms with van der Waals surface area (Å²) in [6.07, 6.45) is 0.763. The van der Waals surface area contributed by atoms with Crippen LogP contribution in [0, 0.1) is 27.7 Å². The molecule has 2 amide bonds. The van der Waals surface area contributed by atoms with Crippen LogP contribution in [0.3, 0.4) is 0 Å². The molecule has 0 aliphatic carbocycles. The summed E-state index contributed by atoms with van der Waals surface area (Å²) in [5.41, 5.74) is 4.97. The Morgan fingerprint density at radius 2 is 1.46 bits per heavy atom. The Bertz CT molecular complexity index is 1400. The maximum atomic E-state index is 14.0. The summed E-state index contributed by atoms with van der Waals surface area (Å²) >= 11 is 0. The van der Waals surface area contributed by atoms with Crippen LogP contribution in [-0.4, -0.2) is 44.3 Å². The van der Waals surface area contributed by atoms with Gasteiger partial charge in [-0.05, 0) is 75.9 Å². The minimum atomic E-state index is -4.09. The van der Waals surface area contributed by atoms with Gasteiger partial charge in [0.1, 0.15) is 12.6 Å². The number of carbonyl (C=O) groups is 2. The van der Waals surface area contributed by atoms with Crippen LogP contribution in [0.5, 0.6) is 0 Å². The first-order valence-electron chi connectivity index (χ1n) is 13.2. The maximum absolute atomic E-state index is 14.0. The van der Waals surface area contributed by atoms with E-state index in [2.05, 4.69) is 5.32 Å². The van der Waals surface area contributed by atoms with Crippen molar-refractivity contribution < 1.29 is 18.0 Å². The molecule has 0 saturated carbocycles. The fourth-order valence-electron chi connectivity index (χ4n) is 4.23. The summed E-state index contributed by atoms with van der Waals surface area (Å²) in [6, 6.07) is 18.9. The van der Waals surface area contributed by atoms with Crippen LogP contribution in [0.15, 0.2) is 71.6 Å². The number of nitrogens with one attached hydrogen (secondary N) is 1. The SMILES string of the molecule is CCCNC(=O)[C@@H](C)N(Cc1ccc(C)cc1)C(=O)CN(c1cccc(C)c1C)S(=O)(=O)c1ccc(C)cc1. The van der Waals surface area contributed by atoms with Crippen molar-refractivity contribution in [1.82, 2.24) is 10.2 Å². The number of anilines is 1. The zero-order valence-electron chi connectivity index (χ0n) is 23.7. The average molecular weight is 550 g/mol. The van der Waals surface area contributed by atoms with E-state index >= 15 is 0 Å². The molecule has 39 heavy (non-hydrogen) atoms. The Balaban J connectivity index is 2.05. The largest absolute Gasteiger partial charge is 0.354 e. The van der Waals surface area contributed by atoms with Gasteiger partial charge in [-0.1, -0.05) is 66.6 Å². The second-order valence-electron chi connectivity index (χ2n) is 10.0. The highest BCUT2D eigenvalue weighted by Gasteiger charge is 2.33. The molecule has 3 aromatic rings. The second-order valence-corrected chi connectivity index (χ2v) is 11.9. The molecule has 1 N–H and O–H groups in total. The Morgan fingerprint density at radius 3 is 2.05 bits per heavy atom. The summed E-state index contributed by atoms with van der Waals surface area (Å²) in [5.74, 6) is -0.747. The van der Waals surface area contributed by atoms with Crippen molar-refractivity contribution in [3.8, 4) is 0 Å². The normalized spacial score (nSPS) is 12.1. The predicted molar refractivity (Wildman–Crippen MR) is 156 cm³/mol. The number of hydrogen-bond donors (Lipinski definition) is 1. The molecule has 0 radical (unpaired) electrons. The molecule has 208 valence electrons. The standard InChI is InChI=1S/C31H39N3O4S/c1-7-19-32-31(36)26(6)33(20-27-15-11-22(2)12-16-27)30(35)21-34(29-10-8-9-24(4)25(29)5)39(37,38)28-17-13-23(3)14-18-28/h8-18,26H,7,19-21H2,1-6H3,(H,32,36)/t26-/m1/s1. The summed E-state index contributed by atoms with van der Waals surface area (Å²) < 4.78 is 29.1. The molecule has 3 rings (SSSR count). The van der Waals surface area contributed by atoms with Gasteiger partial charge in [-0.15, -0.1) is 0 Å². The van der Waals surface area contributed by atoms with Gasteiger partial charge in [-0.25, -0.2) is 8.42 Å². The van der Waals surface area contributed by atoms with E-state index in [0.717, 1.165) is 34.2 Å². The summed E-state index contributed by atoms with van der Waals surface area (Å²) in [5, 5.41) is 2.86. The molecule has 3 aromatic carbocycles. The topological polar surface area (TPSA) is 86.8 Å². The lowest BCUT2D eigenvalue weighted by Gasteiger charge is -2.32. The van der Waals surface area contributed by atoms with Crippen molar-refractivity contribution in [2.24, 2.45) is 0 Å². The number of benzene rings is 3. The van der Waals surface area contributed by atoms with Crippen molar-refractivity contribution in [3.63, 3.8) is 0 Å². The van der Waals surface area contributed by atoms with Gasteiger partial charge in [0.15, 0.2) is 0 Å². The predicted octanol–water partition coefficient (Wildman–Crippen LogP) is 5.06. The monoisotopic (exact) mass is 549 g/mol. The van der Waals surface area contributed by atoms with Gasteiger partial charge in [0, 0.05) is 13.1 Å². The second kappa shape index (κ2) is 12.9. The molecular formula is C31H39N3O4S. The summed E-state index contributed by atoms with van der Waals surface area (Å²) in [7, 11) is -4.09. The first-order chi connectivity index (χ1) is 18.4. The summed E-state index contributed by atoms with van der Waals surface area (Å²) in [4.78, 5) is 28.5. The highest BCUT2D eigenvalue weighted by atomic mass is 32.2. The first-order valence-corrected chi connectivity index (χ1v) is 14.7. The molecule has 7 nitrogen and oxygen atoms in total. The van der Waals surface area contributed by atoms with E-state index in [9.17, 15) is 18.0 Å². The lowest BCUT2D eigenvalue weighted by molar-refractivity contribution is -0.139. The molecule has 0 saturated heterocycles. The fourth-order valence-corrected chi connectivity index (χ4v) is 5.70. The minimum absolute atomic E-state index is 0.0978. The number of sulfonamides is 1. The zero-order chi connectivity index (χ0) is 28.7. The molecule has 0 bridgehead atoms. The van der Waals surface area contributed by atoms with Crippen LogP contribution in [-0.2, 0) is 26.2 Å². The molecule has 0 spiro atoms. The van der Waals surface area contributed by atoms with Gasteiger partial charge < -0.3 is 10.2 Å². The van der Waals surface area contributed by atoms with Gasteiger partial charge in [-0.2, -0.15) is 0 Å². The average Bonchev–Trinajstić information content (AvgIpc) is 2.91. The van der Waals surface area contributed by atoms with Gasteiger partial charge >= 0.3 is 0 Å². The molecule has 0 unspecified atom stereocenters. The van der Waals surface area contributed by atoms with Gasteiger partial charge in [0.2, 0.25) is 11.8 Å². The summed E-state index contributed by atoms with van der Waals surface area (Å²) in [6.45, 7) is 11.5. The molecule has 8 heteroatoms. The Labute approximate surface area is 232 Å². The minimum Gasteiger partial charge on any atom is -0.354 e. The van der Waals surface area contributed by atoms with Crippen LogP contribution in [0.2, 0.25) is 0 Å². The van der Waals surface area contributed by atoms with Crippen molar-refractivity contribution in [1.29, 1.82) is 0 Å². The lowest BCUT2D eigenvalue weighted by atomic mass is 10.1. The number of nitrogens with zero attached hydrogens (tertiary/aromatic N) is 2. The van der Waals surface area contributed by atoms with Gasteiger partial charge in [-0.3, -0.25) is 13.9 Å². The van der Waals surface area contributed by atoms with Crippen LogP contribution < -0.4 is 9.62 Å². The van der Waals surface area contributed by atoms with E-state index < -0.39 is 28.5 Å². The Morgan fingerprint density at radius 1 is 0.872 bits per heavy atom.